The van der Waals surface area contributed by atoms with Gasteiger partial charge in [0.15, 0.2) is 0 Å². The summed E-state index contributed by atoms with van der Waals surface area (Å²) in [7, 11) is 0. The summed E-state index contributed by atoms with van der Waals surface area (Å²) in [6.45, 7) is 11.1. The van der Waals surface area contributed by atoms with E-state index in [4.69, 9.17) is 5.11 Å². The Morgan fingerprint density at radius 1 is 1.22 bits per heavy atom. The van der Waals surface area contributed by atoms with Crippen molar-refractivity contribution in [3.05, 3.63) is 11.6 Å². The Kier molecular flexibility index (Phi) is 5.02. The fourth-order valence-electron chi connectivity index (χ4n) is 5.77. The second-order valence-electron chi connectivity index (χ2n) is 9.04. The van der Waals surface area contributed by atoms with Gasteiger partial charge in [-0.3, -0.25) is 0 Å². The van der Waals surface area contributed by atoms with Crippen LogP contribution < -0.4 is 0 Å². The molecule has 23 heavy (non-hydrogen) atoms. The third kappa shape index (κ3) is 3.22. The standard InChI is InChI=1S/C20H34O3/c1-14(13-17(21)22)9-12-20(23)15(2)7-8-16-18(3,4)10-6-11-19(16,20)5/h13,15-16,23H,6-12H2,1-5H3,(H,21,22). The van der Waals surface area contributed by atoms with Crippen LogP contribution in [-0.4, -0.2) is 21.8 Å². The lowest BCUT2D eigenvalue weighted by molar-refractivity contribution is -0.211. The van der Waals surface area contributed by atoms with E-state index in [1.54, 1.807) is 0 Å². The Morgan fingerprint density at radius 2 is 1.87 bits per heavy atom. The summed E-state index contributed by atoms with van der Waals surface area (Å²) in [6.07, 6.45) is 8.40. The topological polar surface area (TPSA) is 57.5 Å². The van der Waals surface area contributed by atoms with E-state index in [2.05, 4.69) is 27.7 Å². The predicted molar refractivity (Wildman–Crippen MR) is 93.2 cm³/mol. The number of fused-ring (bicyclic) bond motifs is 1. The summed E-state index contributed by atoms with van der Waals surface area (Å²) in [4.78, 5) is 10.8. The SMILES string of the molecule is CC(=CC(=O)O)CCC1(O)C(C)CCC2C(C)(C)CCCC21C. The number of hydrogen-bond acceptors (Lipinski definition) is 2. The Hall–Kier alpha value is -0.830. The van der Waals surface area contributed by atoms with Crippen molar-refractivity contribution in [2.45, 2.75) is 85.2 Å². The number of aliphatic carboxylic acids is 1. The molecule has 0 aromatic heterocycles. The lowest BCUT2D eigenvalue weighted by Crippen LogP contribution is -2.62. The molecular weight excluding hydrogens is 288 g/mol. The molecule has 3 heteroatoms. The van der Waals surface area contributed by atoms with Crippen LogP contribution in [-0.2, 0) is 4.79 Å². The predicted octanol–water partition coefficient (Wildman–Crippen LogP) is 4.79. The Bertz CT molecular complexity index is 493. The number of carboxylic acids is 1. The van der Waals surface area contributed by atoms with Crippen molar-refractivity contribution in [1.29, 1.82) is 0 Å². The Morgan fingerprint density at radius 3 is 2.48 bits per heavy atom. The Labute approximate surface area is 141 Å². The third-order valence-corrected chi connectivity index (χ3v) is 7.19. The van der Waals surface area contributed by atoms with Crippen molar-refractivity contribution in [1.82, 2.24) is 0 Å². The first-order chi connectivity index (χ1) is 10.5. The van der Waals surface area contributed by atoms with Crippen LogP contribution in [0.25, 0.3) is 0 Å². The van der Waals surface area contributed by atoms with Gasteiger partial charge in [-0.25, -0.2) is 4.79 Å². The first-order valence-electron chi connectivity index (χ1n) is 9.15. The van der Waals surface area contributed by atoms with E-state index in [9.17, 15) is 9.90 Å². The fourth-order valence-corrected chi connectivity index (χ4v) is 5.77. The maximum absolute atomic E-state index is 11.7. The molecule has 2 aliphatic carbocycles. The summed E-state index contributed by atoms with van der Waals surface area (Å²) in [5.41, 5.74) is 0.378. The Balaban J connectivity index is 2.27. The van der Waals surface area contributed by atoms with Crippen LogP contribution in [0.3, 0.4) is 0 Å². The smallest absolute Gasteiger partial charge is 0.328 e. The van der Waals surface area contributed by atoms with E-state index in [1.165, 1.54) is 25.3 Å². The number of allylic oxidation sites excluding steroid dienone is 1. The molecule has 0 saturated heterocycles. The van der Waals surface area contributed by atoms with E-state index in [0.29, 0.717) is 18.8 Å². The quantitative estimate of drug-likeness (QED) is 0.732. The van der Waals surface area contributed by atoms with Gasteiger partial charge in [0.1, 0.15) is 0 Å². The minimum atomic E-state index is -0.894. The molecule has 2 aliphatic rings. The monoisotopic (exact) mass is 322 g/mol. The molecule has 132 valence electrons. The zero-order chi connectivity index (χ0) is 17.5. The van der Waals surface area contributed by atoms with Crippen LogP contribution in [0, 0.1) is 22.7 Å². The van der Waals surface area contributed by atoms with Gasteiger partial charge in [0, 0.05) is 6.08 Å². The van der Waals surface area contributed by atoms with E-state index >= 15 is 0 Å². The number of carboxylic acid groups (broad SMARTS) is 1. The summed E-state index contributed by atoms with van der Waals surface area (Å²) < 4.78 is 0. The van der Waals surface area contributed by atoms with Gasteiger partial charge in [0.25, 0.3) is 0 Å². The van der Waals surface area contributed by atoms with E-state index in [0.717, 1.165) is 18.4 Å². The highest BCUT2D eigenvalue weighted by Crippen LogP contribution is 2.63. The van der Waals surface area contributed by atoms with Gasteiger partial charge in [-0.05, 0) is 68.1 Å². The van der Waals surface area contributed by atoms with Gasteiger partial charge in [0.05, 0.1) is 5.60 Å². The summed E-state index contributed by atoms with van der Waals surface area (Å²) in [5, 5.41) is 20.6. The molecule has 3 nitrogen and oxygen atoms in total. The zero-order valence-electron chi connectivity index (χ0n) is 15.5. The largest absolute Gasteiger partial charge is 0.478 e. The van der Waals surface area contributed by atoms with Gasteiger partial charge in [-0.1, -0.05) is 39.7 Å². The second-order valence-corrected chi connectivity index (χ2v) is 9.04. The molecule has 0 aromatic carbocycles. The minimum absolute atomic E-state index is 0.0596. The van der Waals surface area contributed by atoms with Gasteiger partial charge < -0.3 is 10.2 Å². The van der Waals surface area contributed by atoms with Crippen LogP contribution in [0.1, 0.15) is 79.6 Å². The van der Waals surface area contributed by atoms with Gasteiger partial charge in [0.2, 0.25) is 0 Å². The first kappa shape index (κ1) is 18.5. The lowest BCUT2D eigenvalue weighted by atomic mass is 9.44. The average Bonchev–Trinajstić information content (AvgIpc) is 2.41. The highest BCUT2D eigenvalue weighted by molar-refractivity contribution is 5.80. The molecule has 0 aromatic rings. The molecule has 2 saturated carbocycles. The molecule has 0 heterocycles. The van der Waals surface area contributed by atoms with Crippen molar-refractivity contribution in [2.24, 2.45) is 22.7 Å². The number of carbonyl (C=O) groups is 1. The molecule has 0 spiro atoms. The van der Waals surface area contributed by atoms with Gasteiger partial charge in [-0.2, -0.15) is 0 Å². The molecular formula is C20H34O3. The molecule has 2 rings (SSSR count). The molecule has 2 fully saturated rings. The number of hydrogen-bond donors (Lipinski definition) is 2. The molecule has 0 amide bonds. The van der Waals surface area contributed by atoms with Crippen molar-refractivity contribution in [3.63, 3.8) is 0 Å². The maximum atomic E-state index is 11.7. The average molecular weight is 322 g/mol. The molecule has 0 bridgehead atoms. The molecule has 0 radical (unpaired) electrons. The second kappa shape index (κ2) is 6.23. The van der Waals surface area contributed by atoms with Gasteiger partial charge in [-0.15, -0.1) is 0 Å². The number of rotatable bonds is 4. The lowest BCUT2D eigenvalue weighted by Gasteiger charge is -2.63. The fraction of sp³-hybridized carbons (Fsp3) is 0.850. The van der Waals surface area contributed by atoms with Crippen molar-refractivity contribution in [3.8, 4) is 0 Å². The molecule has 2 N–H and O–H groups in total. The zero-order valence-corrected chi connectivity index (χ0v) is 15.5. The van der Waals surface area contributed by atoms with Crippen molar-refractivity contribution < 1.29 is 15.0 Å². The summed E-state index contributed by atoms with van der Waals surface area (Å²) >= 11 is 0. The summed E-state index contributed by atoms with van der Waals surface area (Å²) in [6, 6.07) is 0. The van der Waals surface area contributed by atoms with Crippen molar-refractivity contribution in [2.75, 3.05) is 0 Å². The van der Waals surface area contributed by atoms with E-state index in [1.807, 2.05) is 6.92 Å². The van der Waals surface area contributed by atoms with Crippen LogP contribution in [0.4, 0.5) is 0 Å². The van der Waals surface area contributed by atoms with E-state index < -0.39 is 11.6 Å². The molecule has 0 aliphatic heterocycles. The van der Waals surface area contributed by atoms with Crippen LogP contribution in [0.2, 0.25) is 0 Å². The van der Waals surface area contributed by atoms with Crippen LogP contribution >= 0.6 is 0 Å². The first-order valence-corrected chi connectivity index (χ1v) is 9.15. The third-order valence-electron chi connectivity index (χ3n) is 7.19. The van der Waals surface area contributed by atoms with Crippen LogP contribution in [0.5, 0.6) is 0 Å². The molecule has 4 atom stereocenters. The number of aliphatic hydroxyl groups is 1. The molecule has 4 unspecified atom stereocenters. The highest BCUT2D eigenvalue weighted by Gasteiger charge is 2.60. The minimum Gasteiger partial charge on any atom is -0.478 e. The summed E-state index contributed by atoms with van der Waals surface area (Å²) in [5.74, 6) is -0.0712. The van der Waals surface area contributed by atoms with Crippen LogP contribution in [0.15, 0.2) is 11.6 Å². The van der Waals surface area contributed by atoms with Crippen molar-refractivity contribution >= 4 is 5.97 Å². The van der Waals surface area contributed by atoms with Gasteiger partial charge >= 0.3 is 5.97 Å². The highest BCUT2D eigenvalue weighted by atomic mass is 16.4. The normalized spacial score (nSPS) is 40.5. The van der Waals surface area contributed by atoms with E-state index in [-0.39, 0.29) is 16.7 Å². The maximum Gasteiger partial charge on any atom is 0.328 e.